The van der Waals surface area contributed by atoms with Gasteiger partial charge in [0.2, 0.25) is 10.0 Å². The van der Waals surface area contributed by atoms with Gasteiger partial charge in [0.25, 0.3) is 0 Å². The van der Waals surface area contributed by atoms with Crippen LogP contribution in [-0.4, -0.2) is 36.8 Å². The first-order valence-corrected chi connectivity index (χ1v) is 11.8. The van der Waals surface area contributed by atoms with Gasteiger partial charge in [0, 0.05) is 24.8 Å². The van der Waals surface area contributed by atoms with Crippen molar-refractivity contribution in [3.8, 4) is 0 Å². The van der Waals surface area contributed by atoms with Crippen LogP contribution in [-0.2, 0) is 26.2 Å². The monoisotopic (exact) mass is 450 g/mol. The molecule has 1 aromatic heterocycles. The quantitative estimate of drug-likeness (QED) is 0.506. The van der Waals surface area contributed by atoms with Crippen LogP contribution in [0.15, 0.2) is 29.3 Å². The Hall–Kier alpha value is -1.96. The van der Waals surface area contributed by atoms with E-state index in [4.69, 9.17) is 16.3 Å². The number of aryl methyl sites for hydroxylation is 2. The minimum Gasteiger partial charge on any atom is -0.461 e. The number of hydrogen-bond acceptors (Lipinski definition) is 5. The molecule has 0 atom stereocenters. The highest BCUT2D eigenvalue weighted by atomic mass is 35.5. The summed E-state index contributed by atoms with van der Waals surface area (Å²) in [6, 6.07) is 5.42. The van der Waals surface area contributed by atoms with E-state index in [0.717, 1.165) is 27.8 Å². The van der Waals surface area contributed by atoms with Gasteiger partial charge in [-0.2, -0.15) is 4.31 Å². The van der Waals surface area contributed by atoms with Crippen LogP contribution in [0.25, 0.3) is 0 Å². The number of aromatic nitrogens is 1. The van der Waals surface area contributed by atoms with Crippen LogP contribution < -0.4 is 0 Å². The van der Waals surface area contributed by atoms with Crippen molar-refractivity contribution >= 4 is 27.6 Å². The van der Waals surface area contributed by atoms with Gasteiger partial charge in [-0.25, -0.2) is 13.4 Å². The molecule has 1 aromatic carbocycles. The number of pyridine rings is 1. The van der Waals surface area contributed by atoms with Gasteiger partial charge in [-0.05, 0) is 68.9 Å². The fourth-order valence-corrected chi connectivity index (χ4v) is 5.95. The Bertz CT molecular complexity index is 1020. The van der Waals surface area contributed by atoms with E-state index in [1.54, 1.807) is 18.3 Å². The molecule has 162 valence electrons. The van der Waals surface area contributed by atoms with E-state index in [0.29, 0.717) is 36.0 Å². The second-order valence-corrected chi connectivity index (χ2v) is 10.1. The fourth-order valence-electron chi connectivity index (χ4n) is 3.79. The molecule has 0 N–H and O–H groups in total. The summed E-state index contributed by atoms with van der Waals surface area (Å²) >= 11 is 5.75. The largest absolute Gasteiger partial charge is 0.461 e. The van der Waals surface area contributed by atoms with E-state index in [1.165, 1.54) is 4.31 Å². The number of benzene rings is 1. The highest BCUT2D eigenvalue weighted by molar-refractivity contribution is 7.89. The SMILES string of the molecule is Cc1cc(C)c(C)c(S(=O)(=O)N2CCC(C(=O)OCc3ccc(Cl)nc3)CC2)c1C. The third-order valence-electron chi connectivity index (χ3n) is 5.85. The molecule has 0 aliphatic carbocycles. The van der Waals surface area contributed by atoms with E-state index in [9.17, 15) is 13.2 Å². The van der Waals surface area contributed by atoms with Crippen LogP contribution in [0.5, 0.6) is 0 Å². The molecule has 1 fully saturated rings. The van der Waals surface area contributed by atoms with Crippen LogP contribution in [0, 0.1) is 33.6 Å². The van der Waals surface area contributed by atoms with Crippen molar-refractivity contribution in [2.24, 2.45) is 5.92 Å². The maximum absolute atomic E-state index is 13.3. The molecule has 1 aliphatic heterocycles. The lowest BCUT2D eigenvalue weighted by Gasteiger charge is -2.31. The van der Waals surface area contributed by atoms with Crippen molar-refractivity contribution in [1.82, 2.24) is 9.29 Å². The Morgan fingerprint density at radius 2 is 1.73 bits per heavy atom. The normalized spacial score (nSPS) is 15.9. The van der Waals surface area contributed by atoms with E-state index >= 15 is 0 Å². The molecular weight excluding hydrogens is 424 g/mol. The number of nitrogens with zero attached hydrogens (tertiary/aromatic N) is 2. The fraction of sp³-hybridized carbons (Fsp3) is 0.455. The molecule has 0 bridgehead atoms. The minimum absolute atomic E-state index is 0.127. The van der Waals surface area contributed by atoms with Crippen molar-refractivity contribution in [2.45, 2.75) is 52.0 Å². The van der Waals surface area contributed by atoms with Crippen molar-refractivity contribution in [2.75, 3.05) is 13.1 Å². The summed E-state index contributed by atoms with van der Waals surface area (Å²) in [4.78, 5) is 16.8. The van der Waals surface area contributed by atoms with Gasteiger partial charge in [-0.15, -0.1) is 0 Å². The third-order valence-corrected chi connectivity index (χ3v) is 8.25. The summed E-state index contributed by atoms with van der Waals surface area (Å²) in [6.07, 6.45) is 2.46. The van der Waals surface area contributed by atoms with Gasteiger partial charge >= 0.3 is 5.97 Å². The number of hydrogen-bond donors (Lipinski definition) is 0. The van der Waals surface area contributed by atoms with Crippen molar-refractivity contribution in [3.63, 3.8) is 0 Å². The lowest BCUT2D eigenvalue weighted by Crippen LogP contribution is -2.41. The number of halogens is 1. The third kappa shape index (κ3) is 4.68. The highest BCUT2D eigenvalue weighted by Gasteiger charge is 2.34. The first-order valence-electron chi connectivity index (χ1n) is 9.96. The summed E-state index contributed by atoms with van der Waals surface area (Å²) in [5.74, 6) is -0.612. The number of carbonyl (C=O) groups excluding carboxylic acids is 1. The number of ether oxygens (including phenoxy) is 1. The molecule has 0 amide bonds. The predicted molar refractivity (Wildman–Crippen MR) is 116 cm³/mol. The standard InChI is InChI=1S/C22H27ClN2O4S/c1-14-11-15(2)17(4)21(16(14)3)30(27,28)25-9-7-19(8-10-25)22(26)29-13-18-5-6-20(23)24-12-18/h5-6,11-12,19H,7-10,13H2,1-4H3. The average molecular weight is 451 g/mol. The maximum Gasteiger partial charge on any atom is 0.309 e. The van der Waals surface area contributed by atoms with Crippen LogP contribution in [0.2, 0.25) is 5.15 Å². The second kappa shape index (κ2) is 9.04. The summed E-state index contributed by atoms with van der Waals surface area (Å²) in [6.45, 7) is 8.29. The highest BCUT2D eigenvalue weighted by Crippen LogP contribution is 2.31. The van der Waals surface area contributed by atoms with Crippen LogP contribution >= 0.6 is 11.6 Å². The van der Waals surface area contributed by atoms with Crippen molar-refractivity contribution in [1.29, 1.82) is 0 Å². The number of carbonyl (C=O) groups is 1. The van der Waals surface area contributed by atoms with Crippen molar-refractivity contribution in [3.05, 3.63) is 57.4 Å². The molecule has 0 unspecified atom stereocenters. The van der Waals surface area contributed by atoms with Gasteiger partial charge in [0.15, 0.2) is 0 Å². The average Bonchev–Trinajstić information content (AvgIpc) is 2.72. The zero-order valence-corrected chi connectivity index (χ0v) is 19.3. The van der Waals surface area contributed by atoms with Crippen molar-refractivity contribution < 1.29 is 17.9 Å². The van der Waals surface area contributed by atoms with E-state index in [1.807, 2.05) is 33.8 Å². The van der Waals surface area contributed by atoms with Gasteiger partial charge in [-0.1, -0.05) is 23.7 Å². The summed E-state index contributed by atoms with van der Waals surface area (Å²) in [5.41, 5.74) is 4.26. The molecule has 8 heteroatoms. The molecule has 0 radical (unpaired) electrons. The number of rotatable bonds is 5. The summed E-state index contributed by atoms with van der Waals surface area (Å²) in [5, 5.41) is 0.382. The van der Waals surface area contributed by atoms with Gasteiger partial charge in [0.05, 0.1) is 10.8 Å². The lowest BCUT2D eigenvalue weighted by atomic mass is 9.98. The maximum atomic E-state index is 13.3. The molecular formula is C22H27ClN2O4S. The first-order chi connectivity index (χ1) is 14.1. The zero-order valence-electron chi connectivity index (χ0n) is 17.7. The minimum atomic E-state index is -3.62. The van der Waals surface area contributed by atoms with Gasteiger partial charge < -0.3 is 4.74 Å². The molecule has 1 saturated heterocycles. The van der Waals surface area contributed by atoms with Gasteiger partial charge in [0.1, 0.15) is 11.8 Å². The second-order valence-electron chi connectivity index (χ2n) is 7.86. The van der Waals surface area contributed by atoms with E-state index in [2.05, 4.69) is 4.98 Å². The smallest absolute Gasteiger partial charge is 0.309 e. The van der Waals surface area contributed by atoms with Crippen LogP contribution in [0.1, 0.15) is 40.7 Å². The Kier molecular flexibility index (Phi) is 6.84. The predicted octanol–water partition coefficient (Wildman–Crippen LogP) is 4.11. The molecule has 0 saturated carbocycles. The van der Waals surface area contributed by atoms with Gasteiger partial charge in [-0.3, -0.25) is 4.79 Å². The molecule has 2 heterocycles. The lowest BCUT2D eigenvalue weighted by molar-refractivity contribution is -0.151. The Balaban J connectivity index is 1.65. The molecule has 3 rings (SSSR count). The number of sulfonamides is 1. The number of esters is 1. The topological polar surface area (TPSA) is 76.6 Å². The Morgan fingerprint density at radius 1 is 1.13 bits per heavy atom. The molecule has 6 nitrogen and oxygen atoms in total. The first kappa shape index (κ1) is 22.7. The van der Waals surface area contributed by atoms with Crippen LogP contribution in [0.4, 0.5) is 0 Å². The molecule has 2 aromatic rings. The van der Waals surface area contributed by atoms with E-state index < -0.39 is 10.0 Å². The molecule has 0 spiro atoms. The van der Waals surface area contributed by atoms with E-state index in [-0.39, 0.29) is 18.5 Å². The Morgan fingerprint density at radius 3 is 2.27 bits per heavy atom. The number of piperidine rings is 1. The summed E-state index contributed by atoms with van der Waals surface area (Å²) in [7, 11) is -3.62. The molecule has 1 aliphatic rings. The summed E-state index contributed by atoms with van der Waals surface area (Å²) < 4.78 is 33.6. The van der Waals surface area contributed by atoms with Crippen LogP contribution in [0.3, 0.4) is 0 Å². The molecule has 30 heavy (non-hydrogen) atoms. The Labute approximate surface area is 183 Å². The zero-order chi connectivity index (χ0) is 22.1.